The van der Waals surface area contributed by atoms with E-state index in [1.165, 1.54) is 17.2 Å². The molecule has 9 nitrogen and oxygen atoms in total. The van der Waals surface area contributed by atoms with Crippen LogP contribution in [0.1, 0.15) is 55.1 Å². The molecule has 1 aromatic carbocycles. The summed E-state index contributed by atoms with van der Waals surface area (Å²) in [5.74, 6) is -0.552. The molecule has 1 fully saturated rings. The average Bonchev–Trinajstić information content (AvgIpc) is 3.47. The van der Waals surface area contributed by atoms with E-state index in [4.69, 9.17) is 14.2 Å². The summed E-state index contributed by atoms with van der Waals surface area (Å²) in [4.78, 5) is 33.6. The van der Waals surface area contributed by atoms with Crippen LogP contribution >= 0.6 is 0 Å². The number of fused-ring (bicyclic) bond motifs is 3. The minimum Gasteiger partial charge on any atom is -0.492 e. The fourth-order valence-corrected chi connectivity index (χ4v) is 5.44. The standard InChI is InChI=1S/C30H35F3N4O5/c1-19(2)42-28(39)22-17-36(18-29(3,4)26-25(22)34-24-10-9-23(37(24)26)30(31,32)33)27(38)20-5-7-21(8-6-20)41-16-13-35-11-14-40-15-12-35/h5-10,17,19,34H,11-16,18H2,1-4H3. The third-order valence-electron chi connectivity index (χ3n) is 7.35. The Morgan fingerprint density at radius 2 is 1.76 bits per heavy atom. The topological polar surface area (TPSA) is 88.5 Å². The van der Waals surface area contributed by atoms with Gasteiger partial charge in [0.1, 0.15) is 29.3 Å². The Bertz CT molecular complexity index is 1480. The number of imidazole rings is 1. The molecule has 0 bridgehead atoms. The Kier molecular flexibility index (Phi) is 8.13. The van der Waals surface area contributed by atoms with E-state index in [1.54, 1.807) is 52.0 Å². The Balaban J connectivity index is 1.44. The summed E-state index contributed by atoms with van der Waals surface area (Å²) in [6, 6.07) is 9.00. The molecule has 0 unspecified atom stereocenters. The van der Waals surface area contributed by atoms with E-state index in [2.05, 4.69) is 9.88 Å². The van der Waals surface area contributed by atoms with Crippen LogP contribution < -0.4 is 4.74 Å². The first-order valence-electron chi connectivity index (χ1n) is 13.9. The minimum absolute atomic E-state index is 0.0114. The van der Waals surface area contributed by atoms with Crippen LogP contribution in [-0.2, 0) is 25.9 Å². The van der Waals surface area contributed by atoms with Crippen LogP contribution in [0, 0.1) is 0 Å². The van der Waals surface area contributed by atoms with Gasteiger partial charge in [-0.15, -0.1) is 0 Å². The fourth-order valence-electron chi connectivity index (χ4n) is 5.44. The predicted molar refractivity (Wildman–Crippen MR) is 149 cm³/mol. The number of nitrogens with one attached hydrogen (secondary N) is 1. The Labute approximate surface area is 241 Å². The number of aromatic nitrogens is 2. The van der Waals surface area contributed by atoms with E-state index < -0.39 is 35.3 Å². The zero-order chi connectivity index (χ0) is 30.2. The van der Waals surface area contributed by atoms with Gasteiger partial charge in [0.15, 0.2) is 0 Å². The van der Waals surface area contributed by atoms with Gasteiger partial charge < -0.3 is 24.1 Å². The van der Waals surface area contributed by atoms with Crippen molar-refractivity contribution in [2.75, 3.05) is 46.0 Å². The van der Waals surface area contributed by atoms with Crippen molar-refractivity contribution in [3.63, 3.8) is 0 Å². The van der Waals surface area contributed by atoms with E-state index in [1.807, 2.05) is 0 Å². The number of carbonyl (C=O) groups is 2. The van der Waals surface area contributed by atoms with Gasteiger partial charge in [-0.2, -0.15) is 13.2 Å². The Hall–Kier alpha value is -3.77. The fraction of sp³-hybridized carbons (Fsp3) is 0.467. The maximum atomic E-state index is 14.0. The number of morpholine rings is 1. The number of aromatic amines is 1. The molecule has 2 aromatic heterocycles. The van der Waals surface area contributed by atoms with Crippen molar-refractivity contribution in [1.29, 1.82) is 0 Å². The van der Waals surface area contributed by atoms with Crippen LogP contribution in [-0.4, -0.2) is 83.2 Å². The highest BCUT2D eigenvalue weighted by molar-refractivity contribution is 6.17. The highest BCUT2D eigenvalue weighted by atomic mass is 19.4. The highest BCUT2D eigenvalue weighted by Gasteiger charge is 2.42. The van der Waals surface area contributed by atoms with Gasteiger partial charge in [0.25, 0.3) is 5.91 Å². The number of halogens is 3. The van der Waals surface area contributed by atoms with Crippen LogP contribution in [0.4, 0.5) is 13.2 Å². The summed E-state index contributed by atoms with van der Waals surface area (Å²) in [6.45, 7) is 11.2. The number of hydrogen-bond acceptors (Lipinski definition) is 6. The summed E-state index contributed by atoms with van der Waals surface area (Å²) in [6.07, 6.45) is -3.74. The third kappa shape index (κ3) is 6.05. The van der Waals surface area contributed by atoms with Crippen molar-refractivity contribution >= 4 is 23.1 Å². The van der Waals surface area contributed by atoms with Crippen molar-refractivity contribution in [2.24, 2.45) is 0 Å². The number of rotatable bonds is 7. The zero-order valence-electron chi connectivity index (χ0n) is 24.1. The first kappa shape index (κ1) is 29.7. The molecule has 12 heteroatoms. The van der Waals surface area contributed by atoms with Gasteiger partial charge in [-0.05, 0) is 50.2 Å². The van der Waals surface area contributed by atoms with Crippen LogP contribution in [0.15, 0.2) is 42.6 Å². The van der Waals surface area contributed by atoms with Gasteiger partial charge in [0.05, 0.1) is 30.7 Å². The van der Waals surface area contributed by atoms with E-state index in [9.17, 15) is 22.8 Å². The van der Waals surface area contributed by atoms with Crippen LogP contribution in [0.5, 0.6) is 5.75 Å². The smallest absolute Gasteiger partial charge is 0.431 e. The van der Waals surface area contributed by atoms with Crippen molar-refractivity contribution < 1.29 is 37.0 Å². The van der Waals surface area contributed by atoms with Crippen molar-refractivity contribution in [3.05, 3.63) is 65.2 Å². The van der Waals surface area contributed by atoms with Crippen LogP contribution in [0.3, 0.4) is 0 Å². The summed E-state index contributed by atoms with van der Waals surface area (Å²) < 4.78 is 59.7. The van der Waals surface area contributed by atoms with Crippen molar-refractivity contribution in [1.82, 2.24) is 19.2 Å². The molecular weight excluding hydrogens is 553 g/mol. The molecule has 0 radical (unpaired) electrons. The van der Waals surface area contributed by atoms with Gasteiger partial charge in [-0.3, -0.25) is 14.1 Å². The third-order valence-corrected chi connectivity index (χ3v) is 7.35. The molecule has 42 heavy (non-hydrogen) atoms. The molecule has 0 atom stereocenters. The zero-order valence-corrected chi connectivity index (χ0v) is 24.1. The quantitative estimate of drug-likeness (QED) is 0.402. The maximum absolute atomic E-state index is 14.0. The number of nitrogens with zero attached hydrogens (tertiary/aromatic N) is 3. The molecule has 4 heterocycles. The van der Waals surface area contributed by atoms with Crippen molar-refractivity contribution in [2.45, 2.75) is 45.4 Å². The molecule has 1 amide bonds. The molecular formula is C30H35F3N4O5. The number of carbonyl (C=O) groups excluding carboxylic acids is 2. The second-order valence-electron chi connectivity index (χ2n) is 11.4. The molecule has 0 saturated carbocycles. The van der Waals surface area contributed by atoms with E-state index in [0.717, 1.165) is 30.1 Å². The van der Waals surface area contributed by atoms with E-state index in [0.29, 0.717) is 31.1 Å². The number of esters is 1. The summed E-state index contributed by atoms with van der Waals surface area (Å²) in [5, 5.41) is 0. The number of alkyl halides is 3. The van der Waals surface area contributed by atoms with Crippen LogP contribution in [0.2, 0.25) is 0 Å². The number of amides is 1. The monoisotopic (exact) mass is 588 g/mol. The van der Waals surface area contributed by atoms with Gasteiger partial charge in [-0.1, -0.05) is 13.8 Å². The van der Waals surface area contributed by atoms with E-state index in [-0.39, 0.29) is 29.2 Å². The summed E-state index contributed by atoms with van der Waals surface area (Å²) in [5.41, 5.74) is -0.950. The number of ether oxygens (including phenoxy) is 3. The highest BCUT2D eigenvalue weighted by Crippen LogP contribution is 2.40. The van der Waals surface area contributed by atoms with Gasteiger partial charge >= 0.3 is 12.1 Å². The largest absolute Gasteiger partial charge is 0.492 e. The van der Waals surface area contributed by atoms with Gasteiger partial charge in [0, 0.05) is 43.4 Å². The molecule has 1 N–H and O–H groups in total. The second kappa shape index (κ2) is 11.5. The Morgan fingerprint density at radius 1 is 1.07 bits per heavy atom. The lowest BCUT2D eigenvalue weighted by molar-refractivity contribution is -0.142. The number of H-pyrrole nitrogens is 1. The molecule has 3 aromatic rings. The average molecular weight is 589 g/mol. The molecule has 2 aliphatic rings. The molecule has 2 aliphatic heterocycles. The molecule has 226 valence electrons. The SMILES string of the molecule is CC(C)OC(=O)C1=CN(C(=O)c2ccc(OCCN3CCOCC3)cc2)CC(C)(C)c2c1[nH]c1ccc(C(F)(F)F)n21. The molecule has 0 aliphatic carbocycles. The maximum Gasteiger partial charge on any atom is 0.431 e. The number of benzene rings is 1. The second-order valence-corrected chi connectivity index (χ2v) is 11.4. The van der Waals surface area contributed by atoms with Gasteiger partial charge in [0.2, 0.25) is 0 Å². The first-order valence-corrected chi connectivity index (χ1v) is 13.9. The number of hydrogen-bond donors (Lipinski definition) is 1. The Morgan fingerprint density at radius 3 is 2.40 bits per heavy atom. The molecule has 5 rings (SSSR count). The summed E-state index contributed by atoms with van der Waals surface area (Å²) >= 11 is 0. The van der Waals surface area contributed by atoms with E-state index >= 15 is 0 Å². The van der Waals surface area contributed by atoms with Crippen LogP contribution in [0.25, 0.3) is 11.2 Å². The minimum atomic E-state index is -4.63. The summed E-state index contributed by atoms with van der Waals surface area (Å²) in [7, 11) is 0. The normalized spacial score (nSPS) is 17.6. The molecule has 1 saturated heterocycles. The molecule has 0 spiro atoms. The van der Waals surface area contributed by atoms with Gasteiger partial charge in [-0.25, -0.2) is 4.79 Å². The lowest BCUT2D eigenvalue weighted by atomic mass is 9.86. The first-order chi connectivity index (χ1) is 19.8. The lowest BCUT2D eigenvalue weighted by Gasteiger charge is -2.30. The van der Waals surface area contributed by atoms with Crippen molar-refractivity contribution in [3.8, 4) is 5.75 Å². The predicted octanol–water partition coefficient (Wildman–Crippen LogP) is 4.72. The lowest BCUT2D eigenvalue weighted by Crippen LogP contribution is -2.38.